The van der Waals surface area contributed by atoms with Crippen LogP contribution in [0.1, 0.15) is 11.1 Å². The molecule has 0 N–H and O–H groups in total. The molecule has 0 saturated carbocycles. The van der Waals surface area contributed by atoms with E-state index in [-0.39, 0.29) is 17.2 Å². The number of fused-ring (bicyclic) bond motifs is 1. The van der Waals surface area contributed by atoms with Crippen LogP contribution in [0, 0.1) is 6.92 Å². The van der Waals surface area contributed by atoms with E-state index in [4.69, 9.17) is 4.98 Å². The van der Waals surface area contributed by atoms with Crippen molar-refractivity contribution in [2.75, 3.05) is 12.8 Å². The number of para-hydroxylation sites is 2. The molecule has 0 spiro atoms. The molecule has 0 fully saturated rings. The number of aromatic nitrogens is 2. The summed E-state index contributed by atoms with van der Waals surface area (Å²) in [7, 11) is 1.79. The van der Waals surface area contributed by atoms with Gasteiger partial charge in [0.1, 0.15) is 0 Å². The number of hydrogen-bond acceptors (Lipinski definition) is 4. The van der Waals surface area contributed by atoms with E-state index in [2.05, 4.69) is 0 Å². The smallest absolute Gasteiger partial charge is 0.266 e. The third-order valence-corrected chi connectivity index (χ3v) is 6.04. The van der Waals surface area contributed by atoms with Gasteiger partial charge in [0.15, 0.2) is 5.16 Å². The molecular formula is C25H23N3O2S. The fourth-order valence-corrected chi connectivity index (χ4v) is 4.36. The van der Waals surface area contributed by atoms with Crippen molar-refractivity contribution in [1.82, 2.24) is 14.5 Å². The van der Waals surface area contributed by atoms with Gasteiger partial charge in [0.05, 0.1) is 22.3 Å². The summed E-state index contributed by atoms with van der Waals surface area (Å²) in [6, 6.07) is 24.9. The largest absolute Gasteiger partial charge is 0.341 e. The lowest BCUT2D eigenvalue weighted by Gasteiger charge is -2.18. The van der Waals surface area contributed by atoms with E-state index in [1.54, 1.807) is 22.6 Å². The summed E-state index contributed by atoms with van der Waals surface area (Å²) < 4.78 is 1.62. The second-order valence-electron chi connectivity index (χ2n) is 7.36. The van der Waals surface area contributed by atoms with Crippen LogP contribution in [-0.2, 0) is 11.3 Å². The Labute approximate surface area is 185 Å². The summed E-state index contributed by atoms with van der Waals surface area (Å²) in [5, 5.41) is 1.07. The fraction of sp³-hybridized carbons (Fsp3) is 0.160. The first kappa shape index (κ1) is 20.9. The van der Waals surface area contributed by atoms with Crippen molar-refractivity contribution in [2.45, 2.75) is 18.6 Å². The van der Waals surface area contributed by atoms with Gasteiger partial charge in [-0.05, 0) is 36.2 Å². The Hall–Kier alpha value is -3.38. The Kier molecular flexibility index (Phi) is 6.18. The first-order valence-electron chi connectivity index (χ1n) is 10.0. The number of carbonyl (C=O) groups excluding carboxylic acids is 1. The van der Waals surface area contributed by atoms with Gasteiger partial charge >= 0.3 is 0 Å². The molecule has 3 aromatic carbocycles. The fourth-order valence-electron chi connectivity index (χ4n) is 3.42. The highest BCUT2D eigenvalue weighted by atomic mass is 32.2. The number of hydrogen-bond donors (Lipinski definition) is 0. The molecule has 0 bridgehead atoms. The number of nitrogens with zero attached hydrogens (tertiary/aromatic N) is 3. The lowest BCUT2D eigenvalue weighted by molar-refractivity contribution is -0.127. The molecule has 1 aromatic heterocycles. The van der Waals surface area contributed by atoms with E-state index in [1.165, 1.54) is 11.8 Å². The minimum absolute atomic E-state index is 0.0207. The van der Waals surface area contributed by atoms with Crippen LogP contribution in [0.15, 0.2) is 88.8 Å². The Balaban J connectivity index is 1.65. The van der Waals surface area contributed by atoms with Crippen molar-refractivity contribution in [1.29, 1.82) is 0 Å². The van der Waals surface area contributed by atoms with Gasteiger partial charge in [-0.3, -0.25) is 14.2 Å². The molecule has 5 nitrogen and oxygen atoms in total. The van der Waals surface area contributed by atoms with Crippen molar-refractivity contribution < 1.29 is 4.79 Å². The molecule has 0 aliphatic carbocycles. The van der Waals surface area contributed by atoms with Gasteiger partial charge in [0.25, 0.3) is 5.56 Å². The van der Waals surface area contributed by atoms with E-state index < -0.39 is 0 Å². The number of amides is 1. The van der Waals surface area contributed by atoms with Crippen molar-refractivity contribution in [3.8, 4) is 5.69 Å². The van der Waals surface area contributed by atoms with Crippen molar-refractivity contribution in [2.24, 2.45) is 0 Å². The number of rotatable bonds is 6. The van der Waals surface area contributed by atoms with E-state index in [1.807, 2.05) is 79.7 Å². The lowest BCUT2D eigenvalue weighted by atomic mass is 10.2. The second kappa shape index (κ2) is 9.18. The van der Waals surface area contributed by atoms with Crippen LogP contribution in [0.3, 0.4) is 0 Å². The quantitative estimate of drug-likeness (QED) is 0.336. The molecule has 0 saturated heterocycles. The molecule has 0 aliphatic heterocycles. The van der Waals surface area contributed by atoms with Crippen molar-refractivity contribution in [3.05, 3.63) is 100 Å². The molecular weight excluding hydrogens is 406 g/mol. The highest BCUT2D eigenvalue weighted by molar-refractivity contribution is 7.99. The summed E-state index contributed by atoms with van der Waals surface area (Å²) in [5.74, 6) is 0.174. The molecule has 156 valence electrons. The SMILES string of the molecule is Cc1ccccc1-n1c(SCC(=O)N(C)Cc2ccccc2)nc2ccccc2c1=O. The first-order chi connectivity index (χ1) is 15.0. The zero-order valence-electron chi connectivity index (χ0n) is 17.5. The maximum Gasteiger partial charge on any atom is 0.266 e. The molecule has 1 amide bonds. The molecule has 0 atom stereocenters. The average molecular weight is 430 g/mol. The Morgan fingerprint density at radius 3 is 2.42 bits per heavy atom. The molecule has 4 aromatic rings. The zero-order chi connectivity index (χ0) is 21.8. The minimum atomic E-state index is -0.132. The highest BCUT2D eigenvalue weighted by Gasteiger charge is 2.17. The Morgan fingerprint density at radius 2 is 1.65 bits per heavy atom. The van der Waals surface area contributed by atoms with Crippen LogP contribution in [0.2, 0.25) is 0 Å². The number of aryl methyl sites for hydroxylation is 1. The molecule has 6 heteroatoms. The number of benzene rings is 3. The summed E-state index contributed by atoms with van der Waals surface area (Å²) in [5.41, 5.74) is 3.32. The zero-order valence-corrected chi connectivity index (χ0v) is 18.3. The van der Waals surface area contributed by atoms with E-state index in [0.29, 0.717) is 22.6 Å². The van der Waals surface area contributed by atoms with Gasteiger partial charge in [-0.1, -0.05) is 72.4 Å². The molecule has 1 heterocycles. The van der Waals surface area contributed by atoms with Crippen LogP contribution >= 0.6 is 11.8 Å². The summed E-state index contributed by atoms with van der Waals surface area (Å²) in [6.45, 7) is 2.50. The van der Waals surface area contributed by atoms with E-state index in [0.717, 1.165) is 16.8 Å². The van der Waals surface area contributed by atoms with Crippen molar-refractivity contribution in [3.63, 3.8) is 0 Å². The van der Waals surface area contributed by atoms with Gasteiger partial charge in [0.2, 0.25) is 5.91 Å². The van der Waals surface area contributed by atoms with E-state index in [9.17, 15) is 9.59 Å². The van der Waals surface area contributed by atoms with Gasteiger partial charge in [-0.15, -0.1) is 0 Å². The molecule has 31 heavy (non-hydrogen) atoms. The Bertz CT molecular complexity index is 1280. The molecule has 0 radical (unpaired) electrons. The van der Waals surface area contributed by atoms with Gasteiger partial charge < -0.3 is 4.90 Å². The monoisotopic (exact) mass is 429 g/mol. The van der Waals surface area contributed by atoms with Crippen LogP contribution < -0.4 is 5.56 Å². The third kappa shape index (κ3) is 4.54. The van der Waals surface area contributed by atoms with E-state index >= 15 is 0 Å². The van der Waals surface area contributed by atoms with Gasteiger partial charge in [-0.2, -0.15) is 0 Å². The first-order valence-corrected chi connectivity index (χ1v) is 11.0. The van der Waals surface area contributed by atoms with Crippen molar-refractivity contribution >= 4 is 28.6 Å². The number of thioether (sulfide) groups is 1. The predicted octanol–water partition coefficient (Wildman–Crippen LogP) is 4.44. The maximum atomic E-state index is 13.3. The van der Waals surface area contributed by atoms with Gasteiger partial charge in [-0.25, -0.2) is 4.98 Å². The summed E-state index contributed by atoms with van der Waals surface area (Å²) >= 11 is 1.29. The average Bonchev–Trinajstić information content (AvgIpc) is 2.79. The Morgan fingerprint density at radius 1 is 0.968 bits per heavy atom. The topological polar surface area (TPSA) is 55.2 Å². The normalized spacial score (nSPS) is 10.9. The van der Waals surface area contributed by atoms with Crippen LogP contribution in [0.4, 0.5) is 0 Å². The molecule has 0 aliphatic rings. The summed E-state index contributed by atoms with van der Waals surface area (Å²) in [6.07, 6.45) is 0. The van der Waals surface area contributed by atoms with Crippen LogP contribution in [0.5, 0.6) is 0 Å². The second-order valence-corrected chi connectivity index (χ2v) is 8.31. The third-order valence-electron chi connectivity index (χ3n) is 5.11. The number of carbonyl (C=O) groups is 1. The maximum absolute atomic E-state index is 13.3. The van der Waals surface area contributed by atoms with Gasteiger partial charge in [0, 0.05) is 13.6 Å². The standard InChI is InChI=1S/C25H23N3O2S/c1-18-10-6-9-15-22(18)28-24(30)20-13-7-8-14-21(20)26-25(28)31-17-23(29)27(2)16-19-11-4-3-5-12-19/h3-15H,16-17H2,1-2H3. The van der Waals surface area contributed by atoms with Crippen LogP contribution in [-0.4, -0.2) is 33.2 Å². The highest BCUT2D eigenvalue weighted by Crippen LogP contribution is 2.23. The predicted molar refractivity (Wildman–Crippen MR) is 126 cm³/mol. The molecule has 0 unspecified atom stereocenters. The minimum Gasteiger partial charge on any atom is -0.341 e. The molecule has 4 rings (SSSR count). The lowest BCUT2D eigenvalue weighted by Crippen LogP contribution is -2.28. The van der Waals surface area contributed by atoms with Crippen LogP contribution in [0.25, 0.3) is 16.6 Å². The summed E-state index contributed by atoms with van der Waals surface area (Å²) in [4.78, 5) is 32.5.